The molecule has 3 heterocycles. The lowest BCUT2D eigenvalue weighted by molar-refractivity contribution is 0.0690. The van der Waals surface area contributed by atoms with E-state index < -0.39 is 5.97 Å². The smallest absolute Gasteiger partial charge is 0.356 e. The van der Waals surface area contributed by atoms with Gasteiger partial charge in [0.2, 0.25) is 0 Å². The summed E-state index contributed by atoms with van der Waals surface area (Å²) in [5.41, 5.74) is 0.754. The third-order valence-corrected chi connectivity index (χ3v) is 5.79. The van der Waals surface area contributed by atoms with Gasteiger partial charge < -0.3 is 14.7 Å². The molecule has 1 saturated heterocycles. The lowest BCUT2D eigenvalue weighted by Gasteiger charge is -2.17. The summed E-state index contributed by atoms with van der Waals surface area (Å²) in [4.78, 5) is 34.1. The number of amides is 1. The summed E-state index contributed by atoms with van der Waals surface area (Å²) in [6.45, 7) is 3.88. The highest BCUT2D eigenvalue weighted by molar-refractivity contribution is 5.86. The molecule has 0 saturated carbocycles. The molecule has 9 heteroatoms. The van der Waals surface area contributed by atoms with Crippen LogP contribution in [0, 0.1) is 11.8 Å². The first kappa shape index (κ1) is 21.5. The Bertz CT molecular complexity index is 1080. The Kier molecular flexibility index (Phi) is 6.44. The third kappa shape index (κ3) is 4.77. The number of nitrogens with zero attached hydrogens (tertiary/aromatic N) is 5. The number of aromatic carboxylic acids is 1. The van der Waals surface area contributed by atoms with Crippen LogP contribution in [0.3, 0.4) is 0 Å². The molecule has 1 amide bonds. The Labute approximate surface area is 185 Å². The average Bonchev–Trinajstić information content (AvgIpc) is 3.47. The van der Waals surface area contributed by atoms with Gasteiger partial charge in [-0.05, 0) is 42.5 Å². The van der Waals surface area contributed by atoms with E-state index in [1.807, 2.05) is 24.3 Å². The number of likely N-dealkylation sites (tertiary alicyclic amines) is 1. The second-order valence-corrected chi connectivity index (χ2v) is 7.80. The summed E-state index contributed by atoms with van der Waals surface area (Å²) < 4.78 is 7.09. The van der Waals surface area contributed by atoms with Crippen molar-refractivity contribution in [3.05, 3.63) is 60.7 Å². The van der Waals surface area contributed by atoms with E-state index in [4.69, 9.17) is 9.84 Å². The highest BCUT2D eigenvalue weighted by Crippen LogP contribution is 2.30. The zero-order valence-electron chi connectivity index (χ0n) is 17.8. The van der Waals surface area contributed by atoms with Crippen LogP contribution >= 0.6 is 0 Å². The minimum absolute atomic E-state index is 0.141. The lowest BCUT2D eigenvalue weighted by Crippen LogP contribution is -2.33. The van der Waals surface area contributed by atoms with Gasteiger partial charge in [-0.15, -0.1) is 0 Å². The number of carboxylic acids is 1. The van der Waals surface area contributed by atoms with E-state index in [1.54, 1.807) is 23.4 Å². The highest BCUT2D eigenvalue weighted by Gasteiger charge is 2.34. The molecule has 1 fully saturated rings. The van der Waals surface area contributed by atoms with Crippen molar-refractivity contribution >= 4 is 12.0 Å². The fraction of sp³-hybridized carbons (Fsp3) is 0.348. The van der Waals surface area contributed by atoms with Gasteiger partial charge in [0.05, 0.1) is 6.61 Å². The van der Waals surface area contributed by atoms with E-state index >= 15 is 0 Å². The first-order valence-corrected chi connectivity index (χ1v) is 10.6. The van der Waals surface area contributed by atoms with E-state index in [9.17, 15) is 9.59 Å². The van der Waals surface area contributed by atoms with Crippen molar-refractivity contribution in [1.29, 1.82) is 0 Å². The van der Waals surface area contributed by atoms with Gasteiger partial charge in [0.15, 0.2) is 11.5 Å². The second-order valence-electron chi connectivity index (χ2n) is 7.80. The summed E-state index contributed by atoms with van der Waals surface area (Å²) in [5.74, 6) is 0.924. The van der Waals surface area contributed by atoms with E-state index in [-0.39, 0.29) is 11.7 Å². The van der Waals surface area contributed by atoms with Crippen molar-refractivity contribution < 1.29 is 19.4 Å². The minimum atomic E-state index is -1.15. The first-order valence-electron chi connectivity index (χ1n) is 10.6. The normalized spacial score (nSPS) is 18.0. The van der Waals surface area contributed by atoms with Crippen molar-refractivity contribution in [3.63, 3.8) is 0 Å². The van der Waals surface area contributed by atoms with E-state index in [2.05, 4.69) is 22.0 Å². The molecule has 0 aliphatic carbocycles. The van der Waals surface area contributed by atoms with Crippen molar-refractivity contribution in [1.82, 2.24) is 24.6 Å². The fourth-order valence-corrected chi connectivity index (χ4v) is 4.08. The van der Waals surface area contributed by atoms with Crippen LogP contribution in [-0.4, -0.2) is 61.5 Å². The van der Waals surface area contributed by atoms with E-state index in [0.717, 1.165) is 28.8 Å². The number of carbonyl (C=O) groups excluding carboxylic acids is 1. The molecular formula is C23H25N5O4. The molecule has 2 aromatic heterocycles. The van der Waals surface area contributed by atoms with E-state index in [0.29, 0.717) is 37.4 Å². The monoisotopic (exact) mass is 435 g/mol. The Morgan fingerprint density at radius 1 is 1.12 bits per heavy atom. The molecule has 1 aliphatic heterocycles. The van der Waals surface area contributed by atoms with Gasteiger partial charge in [0, 0.05) is 37.2 Å². The zero-order valence-corrected chi connectivity index (χ0v) is 17.8. The van der Waals surface area contributed by atoms with Crippen LogP contribution in [0.4, 0.5) is 4.79 Å². The number of hydrogen-bond donors (Lipinski definition) is 1. The van der Waals surface area contributed by atoms with Crippen LogP contribution in [0.5, 0.6) is 5.75 Å². The quantitative estimate of drug-likeness (QED) is 0.605. The SMILES string of the molecule is CC[C@H]1CN(C(=O)n2ccc(C(=O)O)n2)C[C@H]1CCOc1cccc(-c2ncccn2)c1. The van der Waals surface area contributed by atoms with Crippen LogP contribution < -0.4 is 4.74 Å². The number of hydrogen-bond acceptors (Lipinski definition) is 6. The number of rotatable bonds is 7. The molecule has 0 radical (unpaired) electrons. The maximum atomic E-state index is 12.7. The predicted octanol–water partition coefficient (Wildman–Crippen LogP) is 3.43. The second kappa shape index (κ2) is 9.59. The van der Waals surface area contributed by atoms with Gasteiger partial charge in [-0.25, -0.2) is 19.6 Å². The average molecular weight is 435 g/mol. The van der Waals surface area contributed by atoms with Crippen LogP contribution in [0.25, 0.3) is 11.4 Å². The van der Waals surface area contributed by atoms with E-state index in [1.165, 1.54) is 12.3 Å². The molecule has 4 rings (SSSR count). The Morgan fingerprint density at radius 2 is 1.91 bits per heavy atom. The number of ether oxygens (including phenoxy) is 1. The Morgan fingerprint density at radius 3 is 2.62 bits per heavy atom. The standard InChI is InChI=1S/C23H25N5O4/c1-2-16-14-27(23(31)28-11-7-20(26-28)22(29)30)15-18(16)8-12-32-19-6-3-5-17(13-19)21-24-9-4-10-25-21/h3-7,9-11,13,16,18H,2,8,12,14-15H2,1H3,(H,29,30)/t16-,18+/m0/s1. The van der Waals surface area contributed by atoms with Crippen LogP contribution in [-0.2, 0) is 0 Å². The maximum Gasteiger partial charge on any atom is 0.356 e. The highest BCUT2D eigenvalue weighted by atomic mass is 16.5. The zero-order chi connectivity index (χ0) is 22.5. The third-order valence-electron chi connectivity index (χ3n) is 5.79. The van der Waals surface area contributed by atoms with Crippen molar-refractivity contribution in [2.24, 2.45) is 11.8 Å². The summed E-state index contributed by atoms with van der Waals surface area (Å²) >= 11 is 0. The van der Waals surface area contributed by atoms with Gasteiger partial charge in [0.25, 0.3) is 0 Å². The molecule has 0 unspecified atom stereocenters. The van der Waals surface area contributed by atoms with Gasteiger partial charge in [-0.1, -0.05) is 25.5 Å². The molecule has 1 aromatic carbocycles. The molecule has 0 spiro atoms. The van der Waals surface area contributed by atoms with Gasteiger partial charge in [-0.3, -0.25) is 0 Å². The Balaban J connectivity index is 1.34. The van der Waals surface area contributed by atoms with Crippen LogP contribution in [0.15, 0.2) is 55.0 Å². The molecule has 3 aromatic rings. The molecule has 1 aliphatic rings. The van der Waals surface area contributed by atoms with Crippen LogP contribution in [0.1, 0.15) is 30.3 Å². The van der Waals surface area contributed by atoms with Crippen LogP contribution in [0.2, 0.25) is 0 Å². The number of carboxylic acid groups (broad SMARTS) is 1. The number of aromatic nitrogens is 4. The molecular weight excluding hydrogens is 410 g/mol. The summed E-state index contributed by atoms with van der Waals surface area (Å²) in [5, 5.41) is 12.9. The predicted molar refractivity (Wildman–Crippen MR) is 116 cm³/mol. The largest absolute Gasteiger partial charge is 0.494 e. The number of carbonyl (C=O) groups is 2. The van der Waals surface area contributed by atoms with Crippen molar-refractivity contribution in [2.75, 3.05) is 19.7 Å². The maximum absolute atomic E-state index is 12.7. The molecule has 1 N–H and O–H groups in total. The molecule has 0 bridgehead atoms. The van der Waals surface area contributed by atoms with Gasteiger partial charge >= 0.3 is 12.0 Å². The lowest BCUT2D eigenvalue weighted by atomic mass is 9.91. The number of benzene rings is 1. The minimum Gasteiger partial charge on any atom is -0.494 e. The first-order chi connectivity index (χ1) is 15.5. The van der Waals surface area contributed by atoms with Gasteiger partial charge in [0.1, 0.15) is 5.75 Å². The topological polar surface area (TPSA) is 110 Å². The van der Waals surface area contributed by atoms with Crippen molar-refractivity contribution in [3.8, 4) is 17.1 Å². The Hall–Kier alpha value is -3.75. The summed E-state index contributed by atoms with van der Waals surface area (Å²) in [7, 11) is 0. The fourth-order valence-electron chi connectivity index (χ4n) is 4.08. The van der Waals surface area contributed by atoms with Crippen molar-refractivity contribution in [2.45, 2.75) is 19.8 Å². The summed E-state index contributed by atoms with van der Waals surface area (Å²) in [6.07, 6.45) is 6.58. The van der Waals surface area contributed by atoms with Gasteiger partial charge in [-0.2, -0.15) is 9.78 Å². The summed E-state index contributed by atoms with van der Waals surface area (Å²) in [6, 6.07) is 10.5. The molecule has 9 nitrogen and oxygen atoms in total. The molecule has 2 atom stereocenters. The molecule has 166 valence electrons. The molecule has 32 heavy (non-hydrogen) atoms.